The number of furan rings is 1. The molecule has 2 aromatic rings. The lowest BCUT2D eigenvalue weighted by atomic mass is 10.0. The molecular formula is C17H22N2O3S. The van der Waals surface area contributed by atoms with Crippen molar-refractivity contribution in [1.82, 2.24) is 9.88 Å². The SMILES string of the molecule is CCc1nc(CC(=O)N2CCCC2CC(O)c2ccco2)cs1. The molecule has 1 saturated heterocycles. The number of hydrogen-bond acceptors (Lipinski definition) is 5. The molecule has 3 heterocycles. The monoisotopic (exact) mass is 334 g/mol. The lowest BCUT2D eigenvalue weighted by molar-refractivity contribution is -0.131. The number of carbonyl (C=O) groups is 1. The van der Waals surface area contributed by atoms with Crippen molar-refractivity contribution in [2.45, 2.75) is 51.2 Å². The number of amides is 1. The summed E-state index contributed by atoms with van der Waals surface area (Å²) in [6.07, 6.45) is 4.60. The number of aliphatic hydroxyl groups excluding tert-OH is 1. The van der Waals surface area contributed by atoms with Crippen LogP contribution in [0.4, 0.5) is 0 Å². The van der Waals surface area contributed by atoms with Gasteiger partial charge in [0.1, 0.15) is 11.9 Å². The van der Waals surface area contributed by atoms with E-state index < -0.39 is 6.10 Å². The summed E-state index contributed by atoms with van der Waals surface area (Å²) in [5.74, 6) is 0.670. The molecule has 0 aliphatic carbocycles. The van der Waals surface area contributed by atoms with Crippen molar-refractivity contribution in [2.24, 2.45) is 0 Å². The minimum atomic E-state index is -0.658. The van der Waals surface area contributed by atoms with Crippen LogP contribution < -0.4 is 0 Å². The van der Waals surface area contributed by atoms with E-state index in [1.54, 1.807) is 29.7 Å². The van der Waals surface area contributed by atoms with Gasteiger partial charge in [0.25, 0.3) is 0 Å². The highest BCUT2D eigenvalue weighted by molar-refractivity contribution is 7.09. The van der Waals surface area contributed by atoms with Gasteiger partial charge >= 0.3 is 0 Å². The Morgan fingerprint density at radius 3 is 3.17 bits per heavy atom. The van der Waals surface area contributed by atoms with Crippen LogP contribution in [-0.4, -0.2) is 33.5 Å². The van der Waals surface area contributed by atoms with E-state index >= 15 is 0 Å². The van der Waals surface area contributed by atoms with Crippen LogP contribution in [0, 0.1) is 0 Å². The molecule has 0 spiro atoms. The van der Waals surface area contributed by atoms with Crippen LogP contribution in [0.5, 0.6) is 0 Å². The maximum Gasteiger partial charge on any atom is 0.228 e. The number of likely N-dealkylation sites (tertiary alicyclic amines) is 1. The Kier molecular flexibility index (Phi) is 5.13. The zero-order valence-corrected chi connectivity index (χ0v) is 14.1. The molecule has 2 unspecified atom stereocenters. The van der Waals surface area contributed by atoms with Gasteiger partial charge in [0.15, 0.2) is 0 Å². The predicted octanol–water partition coefficient (Wildman–Crippen LogP) is 2.96. The molecule has 0 radical (unpaired) electrons. The highest BCUT2D eigenvalue weighted by Crippen LogP contribution is 2.28. The summed E-state index contributed by atoms with van der Waals surface area (Å²) in [6, 6.07) is 3.61. The average Bonchev–Trinajstić information content (AvgIpc) is 3.28. The number of aliphatic hydroxyl groups is 1. The minimum Gasteiger partial charge on any atom is -0.467 e. The van der Waals surface area contributed by atoms with Gasteiger partial charge in [-0.15, -0.1) is 11.3 Å². The second-order valence-corrected chi connectivity index (χ2v) is 6.86. The van der Waals surface area contributed by atoms with Gasteiger partial charge < -0.3 is 14.4 Å². The molecule has 23 heavy (non-hydrogen) atoms. The first-order chi connectivity index (χ1) is 11.2. The second kappa shape index (κ2) is 7.27. The number of aromatic nitrogens is 1. The van der Waals surface area contributed by atoms with Gasteiger partial charge in [-0.05, 0) is 31.4 Å². The second-order valence-electron chi connectivity index (χ2n) is 5.91. The zero-order valence-electron chi connectivity index (χ0n) is 13.3. The molecule has 6 heteroatoms. The molecule has 2 aromatic heterocycles. The minimum absolute atomic E-state index is 0.0758. The number of aryl methyl sites for hydroxylation is 1. The first kappa shape index (κ1) is 16.2. The Morgan fingerprint density at radius 1 is 1.61 bits per heavy atom. The molecule has 1 fully saturated rings. The summed E-state index contributed by atoms with van der Waals surface area (Å²) in [5.41, 5.74) is 0.856. The largest absolute Gasteiger partial charge is 0.467 e. The molecular weight excluding hydrogens is 312 g/mol. The van der Waals surface area contributed by atoms with Crippen molar-refractivity contribution in [1.29, 1.82) is 0 Å². The fraction of sp³-hybridized carbons (Fsp3) is 0.529. The number of thiazole rings is 1. The molecule has 2 atom stereocenters. The normalized spacial score (nSPS) is 19.2. The van der Waals surface area contributed by atoms with Crippen molar-refractivity contribution < 1.29 is 14.3 Å². The van der Waals surface area contributed by atoms with Crippen LogP contribution in [0.15, 0.2) is 28.2 Å². The van der Waals surface area contributed by atoms with Crippen molar-refractivity contribution in [3.8, 4) is 0 Å². The first-order valence-corrected chi connectivity index (χ1v) is 8.99. The highest BCUT2D eigenvalue weighted by Gasteiger charge is 2.31. The van der Waals surface area contributed by atoms with Crippen LogP contribution in [0.1, 0.15) is 48.8 Å². The fourth-order valence-electron chi connectivity index (χ4n) is 3.11. The summed E-state index contributed by atoms with van der Waals surface area (Å²) in [6.45, 7) is 2.83. The molecule has 5 nitrogen and oxygen atoms in total. The van der Waals surface area contributed by atoms with Gasteiger partial charge in [0.05, 0.1) is 23.4 Å². The van der Waals surface area contributed by atoms with E-state index in [4.69, 9.17) is 4.42 Å². The summed E-state index contributed by atoms with van der Waals surface area (Å²) < 4.78 is 5.25. The molecule has 124 valence electrons. The predicted molar refractivity (Wildman–Crippen MR) is 88.2 cm³/mol. The van der Waals surface area contributed by atoms with Crippen molar-refractivity contribution in [3.63, 3.8) is 0 Å². The van der Waals surface area contributed by atoms with Crippen LogP contribution >= 0.6 is 11.3 Å². The molecule has 0 aromatic carbocycles. The van der Waals surface area contributed by atoms with Gasteiger partial charge in [-0.25, -0.2) is 4.98 Å². The molecule has 1 amide bonds. The maximum atomic E-state index is 12.6. The fourth-order valence-corrected chi connectivity index (χ4v) is 3.86. The highest BCUT2D eigenvalue weighted by atomic mass is 32.1. The van der Waals surface area contributed by atoms with E-state index in [1.807, 2.05) is 10.3 Å². The summed E-state index contributed by atoms with van der Waals surface area (Å²) in [7, 11) is 0. The Bertz CT molecular complexity index is 638. The van der Waals surface area contributed by atoms with Crippen LogP contribution in [0.25, 0.3) is 0 Å². The molecule has 1 aliphatic heterocycles. The lowest BCUT2D eigenvalue weighted by Crippen LogP contribution is -2.37. The Balaban J connectivity index is 1.60. The van der Waals surface area contributed by atoms with E-state index in [0.29, 0.717) is 18.6 Å². The van der Waals surface area contributed by atoms with Gasteiger partial charge in [0.2, 0.25) is 5.91 Å². The summed E-state index contributed by atoms with van der Waals surface area (Å²) in [5, 5.41) is 13.3. The molecule has 0 bridgehead atoms. The quantitative estimate of drug-likeness (QED) is 0.882. The zero-order chi connectivity index (χ0) is 16.2. The van der Waals surface area contributed by atoms with E-state index in [9.17, 15) is 9.90 Å². The van der Waals surface area contributed by atoms with Gasteiger partial charge in [0, 0.05) is 24.4 Å². The van der Waals surface area contributed by atoms with Crippen molar-refractivity contribution in [3.05, 3.63) is 40.2 Å². The lowest BCUT2D eigenvalue weighted by Gasteiger charge is -2.26. The van der Waals surface area contributed by atoms with Gasteiger partial charge in [-0.3, -0.25) is 4.79 Å². The molecule has 3 rings (SSSR count). The van der Waals surface area contributed by atoms with E-state index in [2.05, 4.69) is 11.9 Å². The summed E-state index contributed by atoms with van der Waals surface area (Å²) in [4.78, 5) is 18.9. The van der Waals surface area contributed by atoms with Crippen molar-refractivity contribution in [2.75, 3.05) is 6.54 Å². The van der Waals surface area contributed by atoms with E-state index in [0.717, 1.165) is 36.5 Å². The third-order valence-corrected chi connectivity index (χ3v) is 5.34. The standard InChI is InChI=1S/C17H22N2O3S/c1-2-16-18-12(11-23-16)9-17(21)19-7-3-5-13(19)10-14(20)15-6-4-8-22-15/h4,6,8,11,13-14,20H,2-3,5,7,9-10H2,1H3. The number of hydrogen-bond donors (Lipinski definition) is 1. The maximum absolute atomic E-state index is 12.6. The number of nitrogens with zero attached hydrogens (tertiary/aromatic N) is 2. The van der Waals surface area contributed by atoms with Crippen LogP contribution in [-0.2, 0) is 17.6 Å². The molecule has 1 N–H and O–H groups in total. The number of rotatable bonds is 6. The van der Waals surface area contributed by atoms with Crippen LogP contribution in [0.3, 0.4) is 0 Å². The van der Waals surface area contributed by atoms with E-state index in [1.165, 1.54) is 0 Å². The van der Waals surface area contributed by atoms with Gasteiger partial charge in [-0.2, -0.15) is 0 Å². The molecule has 1 aliphatic rings. The number of carbonyl (C=O) groups excluding carboxylic acids is 1. The first-order valence-electron chi connectivity index (χ1n) is 8.11. The topological polar surface area (TPSA) is 66.6 Å². The third kappa shape index (κ3) is 3.82. The Labute approximate surface area is 140 Å². The molecule has 0 saturated carbocycles. The summed E-state index contributed by atoms with van der Waals surface area (Å²) >= 11 is 1.61. The smallest absolute Gasteiger partial charge is 0.228 e. The van der Waals surface area contributed by atoms with Gasteiger partial charge in [-0.1, -0.05) is 6.92 Å². The average molecular weight is 334 g/mol. The van der Waals surface area contributed by atoms with Crippen molar-refractivity contribution >= 4 is 17.2 Å². The third-order valence-electron chi connectivity index (χ3n) is 4.30. The van der Waals surface area contributed by atoms with E-state index in [-0.39, 0.29) is 11.9 Å². The van der Waals surface area contributed by atoms with Crippen LogP contribution in [0.2, 0.25) is 0 Å². The Hall–Kier alpha value is -1.66. The Morgan fingerprint density at radius 2 is 2.48 bits per heavy atom.